The molecule has 1 heterocycles. The summed E-state index contributed by atoms with van der Waals surface area (Å²) in [4.78, 5) is 4.20. The Morgan fingerprint density at radius 3 is 2.24 bits per heavy atom. The van der Waals surface area contributed by atoms with Crippen molar-refractivity contribution >= 4 is 22.9 Å². The van der Waals surface area contributed by atoms with Crippen LogP contribution in [0.2, 0.25) is 4.34 Å². The molecule has 21 heavy (non-hydrogen) atoms. The van der Waals surface area contributed by atoms with E-state index in [1.54, 1.807) is 27.5 Å². The molecule has 1 N–H and O–H groups in total. The zero-order valence-corrected chi connectivity index (χ0v) is 13.7. The molecule has 0 saturated heterocycles. The molecule has 5 nitrogen and oxygen atoms in total. The van der Waals surface area contributed by atoms with Crippen LogP contribution >= 0.6 is 22.9 Å². The van der Waals surface area contributed by atoms with E-state index in [0.717, 1.165) is 10.6 Å². The first-order chi connectivity index (χ1) is 10.2. The highest BCUT2D eigenvalue weighted by Gasteiger charge is 2.13. The van der Waals surface area contributed by atoms with Crippen LogP contribution < -0.4 is 19.5 Å². The second-order valence-electron chi connectivity index (χ2n) is 4.20. The van der Waals surface area contributed by atoms with Crippen LogP contribution in [-0.2, 0) is 13.1 Å². The number of nitrogens with one attached hydrogen (secondary N) is 1. The van der Waals surface area contributed by atoms with Crippen molar-refractivity contribution in [1.29, 1.82) is 0 Å². The van der Waals surface area contributed by atoms with E-state index in [1.165, 1.54) is 11.3 Å². The predicted octanol–water partition coefficient (Wildman–Crippen LogP) is 3.11. The van der Waals surface area contributed by atoms with Gasteiger partial charge < -0.3 is 19.5 Å². The fraction of sp³-hybridized carbons (Fsp3) is 0.357. The molecule has 0 saturated carbocycles. The highest BCUT2D eigenvalue weighted by Crippen LogP contribution is 2.38. The molecule has 0 fully saturated rings. The van der Waals surface area contributed by atoms with E-state index < -0.39 is 0 Å². The molecular weight excluding hydrogens is 312 g/mol. The number of hydrogen-bond donors (Lipinski definition) is 1. The number of thiazole rings is 1. The lowest BCUT2D eigenvalue weighted by Gasteiger charge is -2.14. The summed E-state index contributed by atoms with van der Waals surface area (Å²) in [6.45, 7) is 1.32. The van der Waals surface area contributed by atoms with Gasteiger partial charge in [0.15, 0.2) is 11.5 Å². The van der Waals surface area contributed by atoms with Crippen molar-refractivity contribution in [1.82, 2.24) is 10.3 Å². The van der Waals surface area contributed by atoms with Crippen molar-refractivity contribution in [3.63, 3.8) is 0 Å². The number of benzene rings is 1. The zero-order valence-electron chi connectivity index (χ0n) is 12.1. The summed E-state index contributed by atoms with van der Waals surface area (Å²) >= 11 is 7.32. The van der Waals surface area contributed by atoms with Gasteiger partial charge >= 0.3 is 0 Å². The molecule has 1 aromatic heterocycles. The van der Waals surface area contributed by atoms with Gasteiger partial charge in [-0.05, 0) is 17.7 Å². The van der Waals surface area contributed by atoms with Crippen LogP contribution in [0.25, 0.3) is 0 Å². The van der Waals surface area contributed by atoms with Gasteiger partial charge in [0, 0.05) is 13.1 Å². The number of nitrogens with zero attached hydrogens (tertiary/aromatic N) is 1. The number of ether oxygens (including phenoxy) is 3. The van der Waals surface area contributed by atoms with Crippen molar-refractivity contribution in [3.05, 3.63) is 33.2 Å². The standard InChI is InChI=1S/C14H17ClN2O3S/c1-18-10-4-9(5-11(19-2)14(10)20-3)6-16-8-13-17-7-12(15)21-13/h4-5,7,16H,6,8H2,1-3H3. The SMILES string of the molecule is COc1cc(CNCc2ncc(Cl)s2)cc(OC)c1OC. The summed E-state index contributed by atoms with van der Waals surface area (Å²) in [6.07, 6.45) is 1.66. The van der Waals surface area contributed by atoms with Gasteiger partial charge in [-0.3, -0.25) is 0 Å². The van der Waals surface area contributed by atoms with Crippen molar-refractivity contribution in [2.24, 2.45) is 0 Å². The normalized spacial score (nSPS) is 10.5. The largest absolute Gasteiger partial charge is 0.493 e. The lowest BCUT2D eigenvalue weighted by Crippen LogP contribution is -2.12. The van der Waals surface area contributed by atoms with Crippen molar-refractivity contribution in [2.75, 3.05) is 21.3 Å². The van der Waals surface area contributed by atoms with E-state index in [2.05, 4.69) is 10.3 Å². The first-order valence-corrected chi connectivity index (χ1v) is 7.47. The van der Waals surface area contributed by atoms with E-state index in [-0.39, 0.29) is 0 Å². The van der Waals surface area contributed by atoms with E-state index in [0.29, 0.717) is 34.7 Å². The van der Waals surface area contributed by atoms with E-state index >= 15 is 0 Å². The van der Waals surface area contributed by atoms with Gasteiger partial charge in [0.2, 0.25) is 5.75 Å². The molecule has 0 unspecified atom stereocenters. The summed E-state index contributed by atoms with van der Waals surface area (Å²) in [6, 6.07) is 3.84. The number of hydrogen-bond acceptors (Lipinski definition) is 6. The summed E-state index contributed by atoms with van der Waals surface area (Å²) < 4.78 is 16.6. The number of methoxy groups -OCH3 is 3. The Morgan fingerprint density at radius 1 is 1.10 bits per heavy atom. The maximum atomic E-state index is 5.85. The molecule has 0 atom stereocenters. The minimum absolute atomic E-state index is 0.593. The maximum absolute atomic E-state index is 5.85. The highest BCUT2D eigenvalue weighted by atomic mass is 35.5. The monoisotopic (exact) mass is 328 g/mol. The molecule has 0 spiro atoms. The fourth-order valence-corrected chi connectivity index (χ4v) is 2.85. The van der Waals surface area contributed by atoms with Crippen LogP contribution in [-0.4, -0.2) is 26.3 Å². The van der Waals surface area contributed by atoms with Gasteiger partial charge in [-0.2, -0.15) is 0 Å². The molecule has 114 valence electrons. The molecule has 0 aliphatic carbocycles. The summed E-state index contributed by atoms with van der Waals surface area (Å²) in [5.41, 5.74) is 1.03. The van der Waals surface area contributed by atoms with E-state index in [9.17, 15) is 0 Å². The first kappa shape index (κ1) is 15.9. The third-order valence-corrected chi connectivity index (χ3v) is 3.97. The molecule has 0 radical (unpaired) electrons. The zero-order chi connectivity index (χ0) is 15.2. The second-order valence-corrected chi connectivity index (χ2v) is 5.94. The van der Waals surface area contributed by atoms with Crippen LogP contribution in [0.1, 0.15) is 10.6 Å². The molecule has 7 heteroatoms. The number of halogens is 1. The Hall–Kier alpha value is -1.50. The topological polar surface area (TPSA) is 52.6 Å². The molecule has 0 aliphatic heterocycles. The minimum atomic E-state index is 0.593. The van der Waals surface area contributed by atoms with Crippen molar-refractivity contribution < 1.29 is 14.2 Å². The quantitative estimate of drug-likeness (QED) is 0.846. The highest BCUT2D eigenvalue weighted by molar-refractivity contribution is 7.15. The molecular formula is C14H17ClN2O3S. The molecule has 1 aromatic carbocycles. The van der Waals surface area contributed by atoms with Gasteiger partial charge in [0.05, 0.1) is 27.5 Å². The van der Waals surface area contributed by atoms with Crippen LogP contribution in [0.3, 0.4) is 0 Å². The molecule has 2 aromatic rings. The molecule has 0 aliphatic rings. The number of aromatic nitrogens is 1. The van der Waals surface area contributed by atoms with Gasteiger partial charge in [0.25, 0.3) is 0 Å². The van der Waals surface area contributed by atoms with E-state index in [4.69, 9.17) is 25.8 Å². The Kier molecular flexibility index (Phi) is 5.67. The first-order valence-electron chi connectivity index (χ1n) is 6.27. The molecule has 2 rings (SSSR count). The van der Waals surface area contributed by atoms with Crippen LogP contribution in [0.4, 0.5) is 0 Å². The fourth-order valence-electron chi connectivity index (χ4n) is 1.92. The van der Waals surface area contributed by atoms with Crippen LogP contribution in [0.5, 0.6) is 17.2 Å². The average molecular weight is 329 g/mol. The van der Waals surface area contributed by atoms with Gasteiger partial charge in [0.1, 0.15) is 9.34 Å². The molecule has 0 bridgehead atoms. The average Bonchev–Trinajstić information content (AvgIpc) is 2.91. The summed E-state index contributed by atoms with van der Waals surface area (Å²) in [7, 11) is 4.79. The van der Waals surface area contributed by atoms with Gasteiger partial charge in [-0.1, -0.05) is 11.6 Å². The Balaban J connectivity index is 2.05. The predicted molar refractivity (Wildman–Crippen MR) is 83.8 cm³/mol. The third kappa shape index (κ3) is 4.00. The Labute approximate surface area is 132 Å². The third-order valence-electron chi connectivity index (χ3n) is 2.86. The molecule has 0 amide bonds. The summed E-state index contributed by atoms with van der Waals surface area (Å²) in [5.74, 6) is 1.88. The lowest BCUT2D eigenvalue weighted by atomic mass is 10.2. The van der Waals surface area contributed by atoms with Crippen LogP contribution in [0, 0.1) is 0 Å². The number of rotatable bonds is 7. The van der Waals surface area contributed by atoms with E-state index in [1.807, 2.05) is 12.1 Å². The van der Waals surface area contributed by atoms with Crippen LogP contribution in [0.15, 0.2) is 18.3 Å². The maximum Gasteiger partial charge on any atom is 0.203 e. The Bertz CT molecular complexity index is 579. The Morgan fingerprint density at radius 2 is 1.76 bits per heavy atom. The summed E-state index contributed by atoms with van der Waals surface area (Å²) in [5, 5.41) is 4.26. The minimum Gasteiger partial charge on any atom is -0.493 e. The second kappa shape index (κ2) is 7.49. The van der Waals surface area contributed by atoms with Gasteiger partial charge in [-0.25, -0.2) is 4.98 Å². The van der Waals surface area contributed by atoms with Crippen molar-refractivity contribution in [2.45, 2.75) is 13.1 Å². The lowest BCUT2D eigenvalue weighted by molar-refractivity contribution is 0.323. The van der Waals surface area contributed by atoms with Gasteiger partial charge in [-0.15, -0.1) is 11.3 Å². The van der Waals surface area contributed by atoms with Crippen molar-refractivity contribution in [3.8, 4) is 17.2 Å². The smallest absolute Gasteiger partial charge is 0.203 e.